The number of hydrogen-bond donors (Lipinski definition) is 2. The zero-order valence-corrected chi connectivity index (χ0v) is 16.7. The van der Waals surface area contributed by atoms with Crippen molar-refractivity contribution in [1.82, 2.24) is 0 Å². The van der Waals surface area contributed by atoms with Gasteiger partial charge in [-0.05, 0) is 44.0 Å². The quantitative estimate of drug-likeness (QED) is 0.768. The standard InChI is InChI=1S/C22H27NO5/c1-5-27-20(24)12-19-22(25)23-17-10-9-13(2)11-16(17)21(28-19)15-7-6-8-18(26-4)14(15)3/h6-11,19,21-23,25H,5,12H2,1-4H3. The van der Waals surface area contributed by atoms with Gasteiger partial charge in [-0.2, -0.15) is 0 Å². The highest BCUT2D eigenvalue weighted by Gasteiger charge is 2.34. The maximum Gasteiger partial charge on any atom is 0.308 e. The number of fused-ring (bicyclic) bond motifs is 1. The second-order valence-electron chi connectivity index (χ2n) is 6.92. The van der Waals surface area contributed by atoms with Gasteiger partial charge in [0.1, 0.15) is 18.0 Å². The van der Waals surface area contributed by atoms with Gasteiger partial charge in [0.05, 0.1) is 20.1 Å². The molecule has 0 aliphatic carbocycles. The van der Waals surface area contributed by atoms with Gasteiger partial charge in [-0.25, -0.2) is 0 Å². The number of anilines is 1. The Bertz CT molecular complexity index is 851. The lowest BCUT2D eigenvalue weighted by molar-refractivity contribution is -0.150. The lowest BCUT2D eigenvalue weighted by atomic mass is 9.94. The molecule has 6 heteroatoms. The fraction of sp³-hybridized carbons (Fsp3) is 0.409. The zero-order valence-electron chi connectivity index (χ0n) is 16.7. The van der Waals surface area contributed by atoms with Crippen LogP contribution < -0.4 is 10.1 Å². The highest BCUT2D eigenvalue weighted by atomic mass is 16.5. The van der Waals surface area contributed by atoms with Crippen LogP contribution in [0.5, 0.6) is 5.75 Å². The van der Waals surface area contributed by atoms with Crippen molar-refractivity contribution in [2.45, 2.75) is 45.6 Å². The van der Waals surface area contributed by atoms with Gasteiger partial charge >= 0.3 is 5.97 Å². The second kappa shape index (κ2) is 8.63. The molecule has 150 valence electrons. The molecular formula is C22H27NO5. The molecule has 0 bridgehead atoms. The van der Waals surface area contributed by atoms with Crippen molar-refractivity contribution in [3.8, 4) is 5.75 Å². The number of aliphatic hydroxyl groups is 1. The highest BCUT2D eigenvalue weighted by Crippen LogP contribution is 2.40. The third-order valence-corrected chi connectivity index (χ3v) is 4.96. The number of esters is 1. The molecule has 0 spiro atoms. The Labute approximate surface area is 165 Å². The minimum absolute atomic E-state index is 0.0471. The van der Waals surface area contributed by atoms with E-state index in [9.17, 15) is 9.90 Å². The number of aryl methyl sites for hydroxylation is 1. The minimum Gasteiger partial charge on any atom is -0.496 e. The van der Waals surface area contributed by atoms with Crippen molar-refractivity contribution in [3.63, 3.8) is 0 Å². The van der Waals surface area contributed by atoms with E-state index in [2.05, 4.69) is 5.32 Å². The summed E-state index contributed by atoms with van der Waals surface area (Å²) in [5.41, 5.74) is 4.64. The summed E-state index contributed by atoms with van der Waals surface area (Å²) in [5, 5.41) is 13.7. The second-order valence-corrected chi connectivity index (χ2v) is 6.92. The summed E-state index contributed by atoms with van der Waals surface area (Å²) in [6.45, 7) is 6.02. The Kier molecular flexibility index (Phi) is 6.21. The summed E-state index contributed by atoms with van der Waals surface area (Å²) in [5.74, 6) is 0.353. The first-order valence-corrected chi connectivity index (χ1v) is 9.44. The molecule has 2 aromatic rings. The molecule has 0 saturated carbocycles. The van der Waals surface area contributed by atoms with Gasteiger partial charge in [0, 0.05) is 11.3 Å². The molecule has 2 aromatic carbocycles. The van der Waals surface area contributed by atoms with E-state index < -0.39 is 24.4 Å². The monoisotopic (exact) mass is 385 g/mol. The van der Waals surface area contributed by atoms with Gasteiger partial charge in [-0.3, -0.25) is 4.79 Å². The van der Waals surface area contributed by atoms with Crippen LogP contribution in [0.3, 0.4) is 0 Å². The van der Waals surface area contributed by atoms with Crippen LogP contribution in [-0.4, -0.2) is 37.1 Å². The molecule has 0 radical (unpaired) electrons. The summed E-state index contributed by atoms with van der Waals surface area (Å²) in [4.78, 5) is 12.0. The van der Waals surface area contributed by atoms with Crippen LogP contribution in [-0.2, 0) is 14.3 Å². The molecule has 2 N–H and O–H groups in total. The first kappa shape index (κ1) is 20.2. The van der Waals surface area contributed by atoms with Crippen LogP contribution >= 0.6 is 0 Å². The molecule has 0 amide bonds. The van der Waals surface area contributed by atoms with Crippen molar-refractivity contribution >= 4 is 11.7 Å². The number of benzene rings is 2. The fourth-order valence-corrected chi connectivity index (χ4v) is 3.53. The maximum absolute atomic E-state index is 12.0. The Balaban J connectivity index is 2.06. The molecule has 0 fully saturated rings. The van der Waals surface area contributed by atoms with Crippen molar-refractivity contribution in [3.05, 3.63) is 58.7 Å². The average molecular weight is 385 g/mol. The molecule has 1 heterocycles. The van der Waals surface area contributed by atoms with Gasteiger partial charge in [0.15, 0.2) is 6.23 Å². The molecule has 3 rings (SSSR count). The predicted molar refractivity (Wildman–Crippen MR) is 107 cm³/mol. The van der Waals surface area contributed by atoms with E-state index >= 15 is 0 Å². The number of carbonyl (C=O) groups is 1. The summed E-state index contributed by atoms with van der Waals surface area (Å²) in [6.07, 6.45) is -2.31. The van der Waals surface area contributed by atoms with E-state index in [0.717, 1.165) is 33.7 Å². The van der Waals surface area contributed by atoms with E-state index in [4.69, 9.17) is 14.2 Å². The van der Waals surface area contributed by atoms with E-state index in [1.807, 2.05) is 50.2 Å². The lowest BCUT2D eigenvalue weighted by Gasteiger charge is -2.26. The van der Waals surface area contributed by atoms with E-state index in [1.165, 1.54) is 0 Å². The van der Waals surface area contributed by atoms with Crippen molar-refractivity contribution in [2.24, 2.45) is 0 Å². The smallest absolute Gasteiger partial charge is 0.308 e. The largest absolute Gasteiger partial charge is 0.496 e. The molecule has 0 aromatic heterocycles. The van der Waals surface area contributed by atoms with Crippen LogP contribution in [0.15, 0.2) is 36.4 Å². The van der Waals surface area contributed by atoms with Crippen LogP contribution in [0, 0.1) is 13.8 Å². The Morgan fingerprint density at radius 3 is 2.71 bits per heavy atom. The van der Waals surface area contributed by atoms with Crippen LogP contribution in [0.2, 0.25) is 0 Å². The highest BCUT2D eigenvalue weighted by molar-refractivity contribution is 5.70. The Morgan fingerprint density at radius 1 is 1.21 bits per heavy atom. The third kappa shape index (κ3) is 4.13. The van der Waals surface area contributed by atoms with Crippen molar-refractivity contribution in [2.75, 3.05) is 19.0 Å². The van der Waals surface area contributed by atoms with Crippen LogP contribution in [0.1, 0.15) is 41.7 Å². The van der Waals surface area contributed by atoms with E-state index in [0.29, 0.717) is 0 Å². The predicted octanol–water partition coefficient (Wildman–Crippen LogP) is 3.48. The summed E-state index contributed by atoms with van der Waals surface area (Å²) in [6, 6.07) is 11.7. The molecule has 0 saturated heterocycles. The summed E-state index contributed by atoms with van der Waals surface area (Å²) >= 11 is 0. The topological polar surface area (TPSA) is 77.0 Å². The van der Waals surface area contributed by atoms with Gasteiger partial charge < -0.3 is 24.6 Å². The zero-order chi connectivity index (χ0) is 20.3. The molecule has 28 heavy (non-hydrogen) atoms. The van der Waals surface area contributed by atoms with Gasteiger partial charge in [0.25, 0.3) is 0 Å². The maximum atomic E-state index is 12.0. The number of aliphatic hydroxyl groups excluding tert-OH is 1. The van der Waals surface area contributed by atoms with Gasteiger partial charge in [-0.1, -0.05) is 29.8 Å². The van der Waals surface area contributed by atoms with Gasteiger partial charge in [-0.15, -0.1) is 0 Å². The lowest BCUT2D eigenvalue weighted by Crippen LogP contribution is -2.36. The fourth-order valence-electron chi connectivity index (χ4n) is 3.53. The number of carbonyl (C=O) groups excluding carboxylic acids is 1. The molecule has 3 unspecified atom stereocenters. The van der Waals surface area contributed by atoms with Crippen molar-refractivity contribution in [1.29, 1.82) is 0 Å². The molecular weight excluding hydrogens is 358 g/mol. The molecule has 1 aliphatic rings. The normalized spacial score (nSPS) is 21.2. The molecule has 6 nitrogen and oxygen atoms in total. The van der Waals surface area contributed by atoms with Crippen molar-refractivity contribution < 1.29 is 24.1 Å². The minimum atomic E-state index is -1.04. The van der Waals surface area contributed by atoms with E-state index in [-0.39, 0.29) is 13.0 Å². The molecule has 3 atom stereocenters. The SMILES string of the molecule is CCOC(=O)CC1OC(c2cccc(OC)c2C)c2cc(C)ccc2NC1O. The number of nitrogens with one attached hydrogen (secondary N) is 1. The summed E-state index contributed by atoms with van der Waals surface area (Å²) in [7, 11) is 1.63. The Morgan fingerprint density at radius 2 is 2.00 bits per heavy atom. The average Bonchev–Trinajstić information content (AvgIpc) is 2.79. The van der Waals surface area contributed by atoms with Gasteiger partial charge in [0.2, 0.25) is 0 Å². The number of hydrogen-bond acceptors (Lipinski definition) is 6. The first-order chi connectivity index (χ1) is 13.4. The van der Waals surface area contributed by atoms with E-state index in [1.54, 1.807) is 14.0 Å². The van der Waals surface area contributed by atoms with Crippen LogP contribution in [0.25, 0.3) is 0 Å². The van der Waals surface area contributed by atoms with Crippen LogP contribution in [0.4, 0.5) is 5.69 Å². The molecule has 1 aliphatic heterocycles. The first-order valence-electron chi connectivity index (χ1n) is 9.44. The third-order valence-electron chi connectivity index (χ3n) is 4.96. The number of rotatable bonds is 5. The number of ether oxygens (including phenoxy) is 3. The number of methoxy groups -OCH3 is 1. The summed E-state index contributed by atoms with van der Waals surface area (Å²) < 4.78 is 16.8. The Hall–Kier alpha value is -2.57.